The van der Waals surface area contributed by atoms with Crippen LogP contribution in [0.4, 0.5) is 0 Å². The minimum absolute atomic E-state index is 0.264. The zero-order valence-corrected chi connectivity index (χ0v) is 12.4. The molecule has 0 fully saturated rings. The van der Waals surface area contributed by atoms with Gasteiger partial charge >= 0.3 is 0 Å². The maximum atomic E-state index is 12.1. The highest BCUT2D eigenvalue weighted by Gasteiger charge is 2.13. The summed E-state index contributed by atoms with van der Waals surface area (Å²) in [6.07, 6.45) is 4.55. The van der Waals surface area contributed by atoms with Gasteiger partial charge in [0.2, 0.25) is 10.0 Å². The van der Waals surface area contributed by atoms with Crippen molar-refractivity contribution in [2.75, 3.05) is 12.4 Å². The molecule has 108 valence electrons. The summed E-state index contributed by atoms with van der Waals surface area (Å²) >= 11 is 5.64. The summed E-state index contributed by atoms with van der Waals surface area (Å²) in [7, 11) is -3.46. The fourth-order valence-corrected chi connectivity index (χ4v) is 3.02. The molecule has 0 aliphatic carbocycles. The monoisotopic (exact) mass is 313 g/mol. The highest BCUT2D eigenvalue weighted by molar-refractivity contribution is 7.89. The molecule has 0 spiro atoms. The first-order chi connectivity index (χ1) is 9.62. The van der Waals surface area contributed by atoms with Crippen LogP contribution >= 0.6 is 11.6 Å². The summed E-state index contributed by atoms with van der Waals surface area (Å²) in [6, 6.07) is 6.76. The maximum absolute atomic E-state index is 12.1. The minimum atomic E-state index is -3.46. The normalized spacial score (nSPS) is 11.7. The van der Waals surface area contributed by atoms with E-state index in [0.29, 0.717) is 18.8 Å². The second-order valence-electron chi connectivity index (χ2n) is 4.31. The molecule has 0 atom stereocenters. The fourth-order valence-electron chi connectivity index (χ4n) is 1.77. The number of halogens is 1. The molecule has 1 aromatic heterocycles. The average molecular weight is 314 g/mol. The Morgan fingerprint density at radius 3 is 2.55 bits per heavy atom. The van der Waals surface area contributed by atoms with Crippen LogP contribution in [-0.4, -0.2) is 30.8 Å². The first-order valence-corrected chi connectivity index (χ1v) is 8.25. The van der Waals surface area contributed by atoms with Gasteiger partial charge in [-0.15, -0.1) is 11.6 Å². The van der Waals surface area contributed by atoms with Gasteiger partial charge in [-0.05, 0) is 24.1 Å². The molecule has 1 heterocycles. The Balaban J connectivity index is 1.95. The van der Waals surface area contributed by atoms with Crippen molar-refractivity contribution in [2.24, 2.45) is 0 Å². The molecule has 2 aromatic rings. The van der Waals surface area contributed by atoms with Gasteiger partial charge in [-0.1, -0.05) is 12.1 Å². The van der Waals surface area contributed by atoms with Crippen molar-refractivity contribution in [3.05, 3.63) is 48.0 Å². The number of alkyl halides is 1. The lowest BCUT2D eigenvalue weighted by Gasteiger charge is -2.07. The second kappa shape index (κ2) is 6.88. The molecule has 5 nitrogen and oxygen atoms in total. The van der Waals surface area contributed by atoms with E-state index in [1.807, 2.05) is 0 Å². The van der Waals surface area contributed by atoms with E-state index in [0.717, 1.165) is 17.7 Å². The lowest BCUT2D eigenvalue weighted by Crippen LogP contribution is -2.26. The van der Waals surface area contributed by atoms with Crippen LogP contribution in [0.2, 0.25) is 0 Å². The third kappa shape index (κ3) is 4.06. The molecule has 1 aromatic carbocycles. The molecule has 7 heteroatoms. The Kier molecular flexibility index (Phi) is 5.17. The second-order valence-corrected chi connectivity index (χ2v) is 6.45. The third-order valence-electron chi connectivity index (χ3n) is 2.86. The van der Waals surface area contributed by atoms with Gasteiger partial charge in [-0.3, -0.25) is 0 Å². The van der Waals surface area contributed by atoms with E-state index >= 15 is 0 Å². The smallest absolute Gasteiger partial charge is 0.240 e. The van der Waals surface area contributed by atoms with Crippen molar-refractivity contribution < 1.29 is 8.42 Å². The predicted octanol–water partition coefficient (Wildman–Crippen LogP) is 1.71. The van der Waals surface area contributed by atoms with Crippen LogP contribution in [0.1, 0.15) is 11.3 Å². The van der Waals surface area contributed by atoms with Gasteiger partial charge in [-0.25, -0.2) is 18.1 Å². The molecule has 0 radical (unpaired) electrons. The Morgan fingerprint density at radius 1 is 1.20 bits per heavy atom. The van der Waals surface area contributed by atoms with E-state index in [-0.39, 0.29) is 4.90 Å². The molecule has 0 unspecified atom stereocenters. The molecule has 0 aliphatic heterocycles. The lowest BCUT2D eigenvalue weighted by molar-refractivity contribution is 0.581. The van der Waals surface area contributed by atoms with Crippen LogP contribution in [-0.2, 0) is 22.9 Å². The lowest BCUT2D eigenvalue weighted by atomic mass is 10.2. The topological polar surface area (TPSA) is 74.8 Å². The summed E-state index contributed by atoms with van der Waals surface area (Å²) in [4.78, 5) is 7.07. The first kappa shape index (κ1) is 15.0. The number of aromatic amines is 1. The molecule has 0 saturated heterocycles. The molecule has 20 heavy (non-hydrogen) atoms. The first-order valence-electron chi connectivity index (χ1n) is 6.23. The Hall–Kier alpha value is -1.37. The standard InChI is InChI=1S/C13H16ClN3O2S/c14-7-5-11-1-3-13(4-2-11)20(18,19)17-8-6-12-9-15-10-16-12/h1-4,9-10,17H,5-8H2,(H,15,16). The number of benzene rings is 1. The van der Waals surface area contributed by atoms with Crippen molar-refractivity contribution in [2.45, 2.75) is 17.7 Å². The van der Waals surface area contributed by atoms with Crippen LogP contribution in [0.15, 0.2) is 41.7 Å². The zero-order chi connectivity index (χ0) is 14.4. The van der Waals surface area contributed by atoms with E-state index < -0.39 is 10.0 Å². The number of nitrogens with one attached hydrogen (secondary N) is 2. The van der Waals surface area contributed by atoms with Gasteiger partial charge in [0.15, 0.2) is 0 Å². The van der Waals surface area contributed by atoms with Crippen molar-refractivity contribution in [1.82, 2.24) is 14.7 Å². The van der Waals surface area contributed by atoms with Gasteiger partial charge in [0.1, 0.15) is 0 Å². The number of rotatable bonds is 7. The van der Waals surface area contributed by atoms with Crippen LogP contribution in [0.25, 0.3) is 0 Å². The average Bonchev–Trinajstić information content (AvgIpc) is 2.93. The molecule has 0 bridgehead atoms. The van der Waals surface area contributed by atoms with E-state index in [4.69, 9.17) is 11.6 Å². The van der Waals surface area contributed by atoms with Crippen LogP contribution < -0.4 is 4.72 Å². The SMILES string of the molecule is O=S(=O)(NCCc1cnc[nH]1)c1ccc(CCCl)cc1. The summed E-state index contributed by atoms with van der Waals surface area (Å²) < 4.78 is 26.7. The summed E-state index contributed by atoms with van der Waals surface area (Å²) in [5.74, 6) is 0.522. The van der Waals surface area contributed by atoms with Crippen LogP contribution in [0.3, 0.4) is 0 Å². The van der Waals surface area contributed by atoms with E-state index in [1.165, 1.54) is 0 Å². The fraction of sp³-hybridized carbons (Fsp3) is 0.308. The minimum Gasteiger partial charge on any atom is -0.348 e. The maximum Gasteiger partial charge on any atom is 0.240 e. The quantitative estimate of drug-likeness (QED) is 0.764. The highest BCUT2D eigenvalue weighted by atomic mass is 35.5. The van der Waals surface area contributed by atoms with Gasteiger partial charge in [0, 0.05) is 30.7 Å². The molecular weight excluding hydrogens is 298 g/mol. The highest BCUT2D eigenvalue weighted by Crippen LogP contribution is 2.11. The van der Waals surface area contributed by atoms with Gasteiger partial charge in [-0.2, -0.15) is 0 Å². The summed E-state index contributed by atoms with van der Waals surface area (Å²) in [5, 5.41) is 0. The molecular formula is C13H16ClN3O2S. The van der Waals surface area contributed by atoms with E-state index in [1.54, 1.807) is 36.8 Å². The number of sulfonamides is 1. The van der Waals surface area contributed by atoms with Crippen molar-refractivity contribution in [3.63, 3.8) is 0 Å². The predicted molar refractivity (Wildman–Crippen MR) is 78.3 cm³/mol. The molecule has 2 rings (SSSR count). The largest absolute Gasteiger partial charge is 0.348 e. The number of imidazole rings is 1. The van der Waals surface area contributed by atoms with E-state index in [9.17, 15) is 8.42 Å². The number of aromatic nitrogens is 2. The van der Waals surface area contributed by atoms with Crippen molar-refractivity contribution in [3.8, 4) is 0 Å². The van der Waals surface area contributed by atoms with Gasteiger partial charge in [0.25, 0.3) is 0 Å². The number of H-pyrrole nitrogens is 1. The number of hydrogen-bond acceptors (Lipinski definition) is 3. The van der Waals surface area contributed by atoms with E-state index in [2.05, 4.69) is 14.7 Å². The third-order valence-corrected chi connectivity index (χ3v) is 4.52. The summed E-state index contributed by atoms with van der Waals surface area (Å²) in [6.45, 7) is 0.327. The number of aryl methyl sites for hydroxylation is 1. The Labute approximate surface area is 123 Å². The van der Waals surface area contributed by atoms with Gasteiger partial charge in [0.05, 0.1) is 11.2 Å². The Morgan fingerprint density at radius 2 is 1.95 bits per heavy atom. The molecule has 2 N–H and O–H groups in total. The van der Waals surface area contributed by atoms with Gasteiger partial charge < -0.3 is 4.98 Å². The van der Waals surface area contributed by atoms with Crippen molar-refractivity contribution >= 4 is 21.6 Å². The molecule has 0 saturated carbocycles. The number of hydrogen-bond donors (Lipinski definition) is 2. The molecule has 0 amide bonds. The Bertz CT molecular complexity index is 624. The summed E-state index contributed by atoms with van der Waals surface area (Å²) in [5.41, 5.74) is 1.92. The molecule has 0 aliphatic rings. The zero-order valence-electron chi connectivity index (χ0n) is 10.8. The number of nitrogens with zero attached hydrogens (tertiary/aromatic N) is 1. The van der Waals surface area contributed by atoms with Crippen LogP contribution in [0.5, 0.6) is 0 Å². The van der Waals surface area contributed by atoms with Crippen molar-refractivity contribution in [1.29, 1.82) is 0 Å². The van der Waals surface area contributed by atoms with Crippen LogP contribution in [0, 0.1) is 0 Å².